The molecule has 0 fully saturated rings. The number of rotatable bonds is 2. The summed E-state index contributed by atoms with van der Waals surface area (Å²) in [5.41, 5.74) is 0.268. The molecule has 0 radical (unpaired) electrons. The van der Waals surface area contributed by atoms with Crippen molar-refractivity contribution < 1.29 is 22.8 Å². The maximum atomic E-state index is 11.9. The molecule has 13 heavy (non-hydrogen) atoms. The molecule has 0 aromatic carbocycles. The van der Waals surface area contributed by atoms with Crippen LogP contribution in [-0.2, 0) is 6.42 Å². The van der Waals surface area contributed by atoms with Crippen LogP contribution in [0.2, 0.25) is 0 Å². The standard InChI is InChI=1S/C7H8F3NO2/c1-4-5(3-11-13-4)2-6(12)7(8,9)10/h3,6,12H,2H2,1H3. The first-order valence-electron chi connectivity index (χ1n) is 3.56. The number of nitrogens with zero attached hydrogens (tertiary/aromatic N) is 1. The Morgan fingerprint density at radius 2 is 2.23 bits per heavy atom. The van der Waals surface area contributed by atoms with Crippen molar-refractivity contribution in [1.82, 2.24) is 5.16 Å². The highest BCUT2D eigenvalue weighted by molar-refractivity contribution is 5.12. The van der Waals surface area contributed by atoms with Crippen LogP contribution in [0.15, 0.2) is 10.7 Å². The summed E-state index contributed by atoms with van der Waals surface area (Å²) in [4.78, 5) is 0. The molecule has 1 unspecified atom stereocenters. The second kappa shape index (κ2) is 3.37. The van der Waals surface area contributed by atoms with Gasteiger partial charge >= 0.3 is 6.18 Å². The lowest BCUT2D eigenvalue weighted by atomic mass is 10.1. The van der Waals surface area contributed by atoms with Crippen LogP contribution in [0.1, 0.15) is 11.3 Å². The molecule has 1 aromatic rings. The fraction of sp³-hybridized carbons (Fsp3) is 0.571. The highest BCUT2D eigenvalue weighted by Crippen LogP contribution is 2.23. The van der Waals surface area contributed by atoms with Crippen LogP contribution < -0.4 is 0 Å². The molecule has 0 aliphatic rings. The lowest BCUT2D eigenvalue weighted by Crippen LogP contribution is -2.30. The van der Waals surface area contributed by atoms with Crippen molar-refractivity contribution in [1.29, 1.82) is 0 Å². The molecular formula is C7H8F3NO2. The average Bonchev–Trinajstić information content (AvgIpc) is 2.34. The summed E-state index contributed by atoms with van der Waals surface area (Å²) in [6.07, 6.45) is -6.29. The van der Waals surface area contributed by atoms with Gasteiger partial charge in [-0.15, -0.1) is 0 Å². The molecule has 0 saturated carbocycles. The summed E-state index contributed by atoms with van der Waals surface area (Å²) in [6.45, 7) is 1.49. The van der Waals surface area contributed by atoms with E-state index in [-0.39, 0.29) is 5.56 Å². The van der Waals surface area contributed by atoms with Gasteiger partial charge in [0, 0.05) is 12.0 Å². The van der Waals surface area contributed by atoms with Gasteiger partial charge in [0.1, 0.15) is 5.76 Å². The van der Waals surface area contributed by atoms with E-state index >= 15 is 0 Å². The number of aliphatic hydroxyl groups is 1. The Labute approximate surface area is 72.1 Å². The summed E-state index contributed by atoms with van der Waals surface area (Å²) < 4.78 is 40.2. The summed E-state index contributed by atoms with van der Waals surface area (Å²) in [5, 5.41) is 12.0. The van der Waals surface area contributed by atoms with E-state index in [1.807, 2.05) is 0 Å². The molecule has 3 nitrogen and oxygen atoms in total. The molecule has 0 aliphatic heterocycles. The van der Waals surface area contributed by atoms with Crippen LogP contribution in [-0.4, -0.2) is 22.5 Å². The van der Waals surface area contributed by atoms with Crippen molar-refractivity contribution in [2.24, 2.45) is 0 Å². The van der Waals surface area contributed by atoms with E-state index in [9.17, 15) is 13.2 Å². The Morgan fingerprint density at radius 1 is 1.62 bits per heavy atom. The van der Waals surface area contributed by atoms with Crippen LogP contribution in [0.4, 0.5) is 13.2 Å². The Balaban J connectivity index is 2.65. The van der Waals surface area contributed by atoms with Gasteiger partial charge in [-0.1, -0.05) is 5.16 Å². The lowest BCUT2D eigenvalue weighted by Gasteiger charge is -2.12. The highest BCUT2D eigenvalue weighted by atomic mass is 19.4. The topological polar surface area (TPSA) is 46.3 Å². The monoisotopic (exact) mass is 195 g/mol. The van der Waals surface area contributed by atoms with E-state index in [2.05, 4.69) is 9.68 Å². The zero-order valence-corrected chi connectivity index (χ0v) is 6.80. The van der Waals surface area contributed by atoms with Crippen molar-refractivity contribution in [2.45, 2.75) is 25.6 Å². The van der Waals surface area contributed by atoms with Crippen molar-refractivity contribution in [3.63, 3.8) is 0 Å². The van der Waals surface area contributed by atoms with Crippen LogP contribution in [0.3, 0.4) is 0 Å². The van der Waals surface area contributed by atoms with Gasteiger partial charge in [0.2, 0.25) is 0 Å². The molecular weight excluding hydrogens is 187 g/mol. The van der Waals surface area contributed by atoms with Gasteiger partial charge in [0.25, 0.3) is 0 Å². The molecule has 0 amide bonds. The smallest absolute Gasteiger partial charge is 0.383 e. The largest absolute Gasteiger partial charge is 0.414 e. The van der Waals surface area contributed by atoms with Gasteiger partial charge in [0.15, 0.2) is 6.10 Å². The zero-order chi connectivity index (χ0) is 10.1. The Kier molecular flexibility index (Phi) is 2.60. The first-order chi connectivity index (χ1) is 5.91. The maximum Gasteiger partial charge on any atom is 0.414 e. The zero-order valence-electron chi connectivity index (χ0n) is 6.80. The summed E-state index contributed by atoms with van der Waals surface area (Å²) in [6, 6.07) is 0. The average molecular weight is 195 g/mol. The van der Waals surface area contributed by atoms with Crippen molar-refractivity contribution >= 4 is 0 Å². The molecule has 0 saturated heterocycles. The van der Waals surface area contributed by atoms with E-state index in [1.54, 1.807) is 0 Å². The van der Waals surface area contributed by atoms with Gasteiger partial charge < -0.3 is 9.63 Å². The molecule has 1 atom stereocenters. The van der Waals surface area contributed by atoms with Crippen molar-refractivity contribution in [3.05, 3.63) is 17.5 Å². The number of aryl methyl sites for hydroxylation is 1. The lowest BCUT2D eigenvalue weighted by molar-refractivity contribution is -0.203. The number of alkyl halides is 3. The minimum Gasteiger partial charge on any atom is -0.383 e. The van der Waals surface area contributed by atoms with Crippen LogP contribution in [0.5, 0.6) is 0 Å². The Hall–Kier alpha value is -1.04. The molecule has 74 valence electrons. The first-order valence-corrected chi connectivity index (χ1v) is 3.56. The Bertz CT molecular complexity index is 282. The van der Waals surface area contributed by atoms with Gasteiger partial charge in [-0.3, -0.25) is 0 Å². The van der Waals surface area contributed by atoms with Gasteiger partial charge in [-0.05, 0) is 6.92 Å². The second-order valence-electron chi connectivity index (χ2n) is 2.67. The van der Waals surface area contributed by atoms with E-state index in [4.69, 9.17) is 5.11 Å². The summed E-state index contributed by atoms with van der Waals surface area (Å²) in [5.74, 6) is 0.295. The third-order valence-corrected chi connectivity index (χ3v) is 1.64. The van der Waals surface area contributed by atoms with Crippen molar-refractivity contribution in [3.8, 4) is 0 Å². The van der Waals surface area contributed by atoms with E-state index in [0.29, 0.717) is 5.76 Å². The molecule has 0 aliphatic carbocycles. The van der Waals surface area contributed by atoms with Gasteiger partial charge in [-0.25, -0.2) is 0 Å². The molecule has 1 heterocycles. The predicted molar refractivity (Wildman–Crippen MR) is 37.0 cm³/mol. The summed E-state index contributed by atoms with van der Waals surface area (Å²) in [7, 11) is 0. The highest BCUT2D eigenvalue weighted by Gasteiger charge is 2.38. The minimum absolute atomic E-state index is 0.268. The SMILES string of the molecule is Cc1oncc1CC(O)C(F)(F)F. The Morgan fingerprint density at radius 3 is 2.62 bits per heavy atom. The van der Waals surface area contributed by atoms with Crippen LogP contribution in [0, 0.1) is 6.92 Å². The molecule has 0 spiro atoms. The van der Waals surface area contributed by atoms with E-state index in [0.717, 1.165) is 0 Å². The summed E-state index contributed by atoms with van der Waals surface area (Å²) >= 11 is 0. The van der Waals surface area contributed by atoms with Crippen LogP contribution >= 0.6 is 0 Å². The van der Waals surface area contributed by atoms with E-state index < -0.39 is 18.7 Å². The third-order valence-electron chi connectivity index (χ3n) is 1.64. The van der Waals surface area contributed by atoms with Gasteiger partial charge in [0.05, 0.1) is 6.20 Å². The molecule has 0 bridgehead atoms. The minimum atomic E-state index is -4.59. The second-order valence-corrected chi connectivity index (χ2v) is 2.67. The van der Waals surface area contributed by atoms with Crippen LogP contribution in [0.25, 0.3) is 0 Å². The number of hydrogen-bond acceptors (Lipinski definition) is 3. The van der Waals surface area contributed by atoms with Crippen molar-refractivity contribution in [2.75, 3.05) is 0 Å². The molecule has 1 N–H and O–H groups in total. The first kappa shape index (κ1) is 10.0. The maximum absolute atomic E-state index is 11.9. The number of halogens is 3. The normalized spacial score (nSPS) is 14.5. The van der Waals surface area contributed by atoms with E-state index in [1.165, 1.54) is 13.1 Å². The molecule has 6 heteroatoms. The number of hydrogen-bond donors (Lipinski definition) is 1. The predicted octanol–water partition coefficient (Wildman–Crippen LogP) is 1.45. The number of aliphatic hydroxyl groups excluding tert-OH is 1. The molecule has 1 rings (SSSR count). The number of aromatic nitrogens is 1. The van der Waals surface area contributed by atoms with Gasteiger partial charge in [-0.2, -0.15) is 13.2 Å². The molecule has 1 aromatic heterocycles. The quantitative estimate of drug-likeness (QED) is 0.776. The fourth-order valence-electron chi connectivity index (χ4n) is 0.839. The fourth-order valence-corrected chi connectivity index (χ4v) is 0.839. The third kappa shape index (κ3) is 2.45.